The maximum atomic E-state index is 13.1. The number of benzene rings is 3. The number of ketones is 1. The molecule has 0 spiro atoms. The zero-order valence-corrected chi connectivity index (χ0v) is 20.9. The van der Waals surface area contributed by atoms with Crippen LogP contribution >= 0.6 is 11.6 Å². The number of Topliss-reactive ketones (excluding diaryl/α,β-unsaturated/α-hetero) is 1. The van der Waals surface area contributed by atoms with Crippen LogP contribution in [-0.2, 0) is 6.54 Å². The van der Waals surface area contributed by atoms with Crippen molar-refractivity contribution >= 4 is 29.1 Å². The highest BCUT2D eigenvalue weighted by atomic mass is 35.5. The first-order valence-corrected chi connectivity index (χ1v) is 12.1. The van der Waals surface area contributed by atoms with Gasteiger partial charge in [-0.15, -0.1) is 0 Å². The lowest BCUT2D eigenvalue weighted by atomic mass is 10.0. The molecule has 0 saturated carbocycles. The smallest absolute Gasteiger partial charge is 0.231 e. The Morgan fingerprint density at radius 1 is 1.03 bits per heavy atom. The summed E-state index contributed by atoms with van der Waals surface area (Å²) in [6.45, 7) is 3.74. The van der Waals surface area contributed by atoms with Crippen molar-refractivity contribution in [3.05, 3.63) is 82.1 Å². The van der Waals surface area contributed by atoms with Gasteiger partial charge in [-0.2, -0.15) is 0 Å². The molecule has 1 N–H and O–H groups in total. The Bertz CT molecular complexity index is 1330. The third-order valence-corrected chi connectivity index (χ3v) is 6.81. The molecule has 1 saturated heterocycles. The number of nitrogens with zero attached hydrogens (tertiary/aromatic N) is 2. The average Bonchev–Trinajstić information content (AvgIpc) is 3.21. The van der Waals surface area contributed by atoms with Crippen LogP contribution in [0, 0.1) is 0 Å². The summed E-state index contributed by atoms with van der Waals surface area (Å²) in [5, 5.41) is 11.4. The van der Waals surface area contributed by atoms with Crippen LogP contribution in [0.15, 0.2) is 60.4 Å². The zero-order chi connectivity index (χ0) is 25.2. The first-order chi connectivity index (χ1) is 17.5. The number of methoxy groups -OCH3 is 2. The van der Waals surface area contributed by atoms with Gasteiger partial charge >= 0.3 is 0 Å². The van der Waals surface area contributed by atoms with Crippen molar-refractivity contribution in [2.45, 2.75) is 6.54 Å². The third kappa shape index (κ3) is 4.72. The Balaban J connectivity index is 1.34. The highest BCUT2D eigenvalue weighted by Crippen LogP contribution is 2.41. The lowest BCUT2D eigenvalue weighted by Crippen LogP contribution is -2.46. The van der Waals surface area contributed by atoms with Gasteiger partial charge in [-0.05, 0) is 48.5 Å². The number of allylic oxidation sites excluding steroid dienone is 1. The van der Waals surface area contributed by atoms with Crippen molar-refractivity contribution in [2.75, 3.05) is 45.3 Å². The molecule has 0 unspecified atom stereocenters. The Morgan fingerprint density at radius 2 is 1.83 bits per heavy atom. The number of carbonyl (C=O) groups excluding carboxylic acids is 1. The van der Waals surface area contributed by atoms with E-state index in [2.05, 4.69) is 15.9 Å². The number of hydrogen-bond donors (Lipinski definition) is 1. The van der Waals surface area contributed by atoms with E-state index in [1.54, 1.807) is 44.6 Å². The number of fused-ring (bicyclic) bond motifs is 1. The maximum absolute atomic E-state index is 13.1. The Kier molecular flexibility index (Phi) is 6.76. The Morgan fingerprint density at radius 3 is 2.56 bits per heavy atom. The lowest BCUT2D eigenvalue weighted by molar-refractivity contribution is 0.101. The standard InChI is InChI=1S/C28H27ClN2O5/c1-34-21-7-6-18(25(16-21)35-2)14-26-27(33)22-8-9-24(32)23(28(22)36-26)17-30-10-12-31(13-11-30)20-5-3-4-19(29)15-20/h3-9,14-16,32H,10-13,17H2,1-2H3/b26-14-. The Labute approximate surface area is 215 Å². The van der Waals surface area contributed by atoms with Crippen molar-refractivity contribution in [1.29, 1.82) is 0 Å². The number of hydrogen-bond acceptors (Lipinski definition) is 7. The van der Waals surface area contributed by atoms with E-state index in [9.17, 15) is 9.90 Å². The van der Waals surface area contributed by atoms with Crippen molar-refractivity contribution in [3.63, 3.8) is 0 Å². The molecule has 0 radical (unpaired) electrons. The van der Waals surface area contributed by atoms with Gasteiger partial charge in [0.1, 0.15) is 23.0 Å². The molecule has 1 fully saturated rings. The van der Waals surface area contributed by atoms with Crippen molar-refractivity contribution in [1.82, 2.24) is 4.90 Å². The van der Waals surface area contributed by atoms with Crippen LogP contribution in [0.3, 0.4) is 0 Å². The summed E-state index contributed by atoms with van der Waals surface area (Å²) in [5.74, 6) is 1.70. The fourth-order valence-corrected chi connectivity index (χ4v) is 4.77. The number of phenols is 1. The molecule has 3 aromatic rings. The summed E-state index contributed by atoms with van der Waals surface area (Å²) < 4.78 is 16.8. The van der Waals surface area contributed by atoms with Crippen molar-refractivity contribution < 1.29 is 24.1 Å². The molecule has 2 aliphatic rings. The molecule has 0 aromatic heterocycles. The molecular formula is C28H27ClN2O5. The first kappa shape index (κ1) is 24.0. The summed E-state index contributed by atoms with van der Waals surface area (Å²) in [6, 6.07) is 16.4. The summed E-state index contributed by atoms with van der Waals surface area (Å²) in [4.78, 5) is 17.7. The monoisotopic (exact) mass is 506 g/mol. The molecule has 0 bridgehead atoms. The third-order valence-electron chi connectivity index (χ3n) is 6.57. The number of ether oxygens (including phenoxy) is 3. The first-order valence-electron chi connectivity index (χ1n) is 11.7. The zero-order valence-electron chi connectivity index (χ0n) is 20.2. The highest BCUT2D eigenvalue weighted by molar-refractivity contribution is 6.30. The van der Waals surface area contributed by atoms with Crippen LogP contribution < -0.4 is 19.1 Å². The van der Waals surface area contributed by atoms with E-state index >= 15 is 0 Å². The highest BCUT2D eigenvalue weighted by Gasteiger charge is 2.32. The van der Waals surface area contributed by atoms with Crippen LogP contribution in [0.4, 0.5) is 5.69 Å². The van der Waals surface area contributed by atoms with Crippen LogP contribution in [0.5, 0.6) is 23.0 Å². The van der Waals surface area contributed by atoms with E-state index in [1.165, 1.54) is 0 Å². The van der Waals surface area contributed by atoms with Crippen molar-refractivity contribution in [2.24, 2.45) is 0 Å². The van der Waals surface area contributed by atoms with E-state index < -0.39 is 0 Å². The summed E-state index contributed by atoms with van der Waals surface area (Å²) in [7, 11) is 3.14. The van der Waals surface area contributed by atoms with Crippen LogP contribution in [-0.4, -0.2) is 56.2 Å². The van der Waals surface area contributed by atoms with E-state index in [1.807, 2.05) is 24.3 Å². The lowest BCUT2D eigenvalue weighted by Gasteiger charge is -2.36. The van der Waals surface area contributed by atoms with E-state index in [0.717, 1.165) is 36.9 Å². The second-order valence-corrected chi connectivity index (χ2v) is 9.17. The number of piperazine rings is 1. The van der Waals surface area contributed by atoms with Gasteiger partial charge in [-0.1, -0.05) is 17.7 Å². The maximum Gasteiger partial charge on any atom is 0.231 e. The van der Waals surface area contributed by atoms with Gasteiger partial charge in [0.15, 0.2) is 5.76 Å². The molecule has 7 nitrogen and oxygen atoms in total. The van der Waals surface area contributed by atoms with E-state index in [-0.39, 0.29) is 17.3 Å². The Hall–Kier alpha value is -3.68. The number of rotatable bonds is 6. The fourth-order valence-electron chi connectivity index (χ4n) is 4.59. The number of halogens is 1. The van der Waals surface area contributed by atoms with Crippen LogP contribution in [0.2, 0.25) is 5.02 Å². The summed E-state index contributed by atoms with van der Waals surface area (Å²) >= 11 is 6.15. The number of phenolic OH excluding ortho intramolecular Hbond substituents is 1. The largest absolute Gasteiger partial charge is 0.507 e. The molecule has 0 amide bonds. The van der Waals surface area contributed by atoms with Gasteiger partial charge in [0, 0.05) is 55.1 Å². The topological polar surface area (TPSA) is 71.5 Å². The van der Waals surface area contributed by atoms with Crippen LogP contribution in [0.1, 0.15) is 21.5 Å². The molecule has 2 aliphatic heterocycles. The molecular weight excluding hydrogens is 480 g/mol. The van der Waals surface area contributed by atoms with Gasteiger partial charge in [0.2, 0.25) is 5.78 Å². The predicted octanol–water partition coefficient (Wildman–Crippen LogP) is 5.00. The molecule has 0 atom stereocenters. The normalized spacial score (nSPS) is 16.7. The summed E-state index contributed by atoms with van der Waals surface area (Å²) in [6.07, 6.45) is 1.66. The predicted molar refractivity (Wildman–Crippen MR) is 140 cm³/mol. The molecule has 36 heavy (non-hydrogen) atoms. The molecule has 5 rings (SSSR count). The van der Waals surface area contributed by atoms with E-state index in [4.69, 9.17) is 25.8 Å². The molecule has 8 heteroatoms. The van der Waals surface area contributed by atoms with Crippen LogP contribution in [0.25, 0.3) is 6.08 Å². The number of aromatic hydroxyl groups is 1. The van der Waals surface area contributed by atoms with Crippen molar-refractivity contribution in [3.8, 4) is 23.0 Å². The number of anilines is 1. The van der Waals surface area contributed by atoms with Gasteiger partial charge in [-0.3, -0.25) is 9.69 Å². The molecule has 0 aliphatic carbocycles. The minimum atomic E-state index is -0.227. The quantitative estimate of drug-likeness (QED) is 0.472. The molecule has 2 heterocycles. The summed E-state index contributed by atoms with van der Waals surface area (Å²) in [5.41, 5.74) is 2.85. The molecule has 186 valence electrons. The average molecular weight is 507 g/mol. The number of carbonyl (C=O) groups is 1. The van der Waals surface area contributed by atoms with Gasteiger partial charge in [0.05, 0.1) is 25.3 Å². The SMILES string of the molecule is COc1ccc(/C=C2\Oc3c(ccc(O)c3CN3CCN(c4cccc(Cl)c4)CC3)C2=O)c(OC)c1. The molecule has 3 aromatic carbocycles. The second-order valence-electron chi connectivity index (χ2n) is 8.73. The van der Waals surface area contributed by atoms with Gasteiger partial charge < -0.3 is 24.2 Å². The fraction of sp³-hybridized carbons (Fsp3) is 0.250. The minimum Gasteiger partial charge on any atom is -0.507 e. The van der Waals surface area contributed by atoms with Gasteiger partial charge in [0.25, 0.3) is 0 Å². The van der Waals surface area contributed by atoms with Gasteiger partial charge in [-0.25, -0.2) is 0 Å². The minimum absolute atomic E-state index is 0.113. The second kappa shape index (κ2) is 10.1. The van der Waals surface area contributed by atoms with E-state index in [0.29, 0.717) is 40.5 Å².